The molecule has 0 aliphatic carbocycles. The molecule has 0 saturated carbocycles. The maximum atomic E-state index is 14.0. The number of benzene rings is 2. The Bertz CT molecular complexity index is 916. The van der Waals surface area contributed by atoms with Crippen molar-refractivity contribution in [3.05, 3.63) is 95.4 Å². The summed E-state index contributed by atoms with van der Waals surface area (Å²) in [5, 5.41) is 9.39. The predicted octanol–water partition coefficient (Wildman–Crippen LogP) is 3.59. The maximum Gasteiger partial charge on any atom is 0.361 e. The smallest absolute Gasteiger partial charge is 0.361 e. The van der Waals surface area contributed by atoms with Crippen molar-refractivity contribution in [2.24, 2.45) is 0 Å². The molecule has 2 aromatic carbocycles. The molecule has 0 saturated heterocycles. The molecular weight excluding hydrogens is 311 g/mol. The van der Waals surface area contributed by atoms with Crippen LogP contribution in [-0.2, 0) is 0 Å². The van der Waals surface area contributed by atoms with Gasteiger partial charge in [-0.25, -0.2) is 9.18 Å². The monoisotopic (exact) mass is 326 g/mol. The van der Waals surface area contributed by atoms with Crippen LogP contribution in [0.4, 0.5) is 4.39 Å². The zero-order valence-electron chi connectivity index (χ0n) is 12.7. The molecule has 1 unspecified atom stereocenters. The van der Waals surface area contributed by atoms with Crippen LogP contribution in [-0.4, -0.2) is 14.5 Å². The summed E-state index contributed by atoms with van der Waals surface area (Å²) in [6, 6.07) is 12.6. The molecule has 122 valence electrons. The molecule has 1 atom stereocenters. The first-order valence-electron chi connectivity index (χ1n) is 7.24. The Morgan fingerprint density at radius 2 is 1.92 bits per heavy atom. The number of aromatic nitrogens is 2. The van der Waals surface area contributed by atoms with Gasteiger partial charge in [0, 0.05) is 6.20 Å². The van der Waals surface area contributed by atoms with E-state index in [9.17, 15) is 14.4 Å². The second-order valence-electron chi connectivity index (χ2n) is 5.12. The van der Waals surface area contributed by atoms with Crippen LogP contribution in [0.2, 0.25) is 0 Å². The third kappa shape index (κ3) is 2.94. The lowest BCUT2D eigenvalue weighted by atomic mass is 10.1. The van der Waals surface area contributed by atoms with E-state index in [-0.39, 0.29) is 5.75 Å². The number of para-hydroxylation sites is 1. The molecule has 0 fully saturated rings. The van der Waals surface area contributed by atoms with Crippen molar-refractivity contribution in [3.8, 4) is 11.5 Å². The van der Waals surface area contributed by atoms with Crippen molar-refractivity contribution in [1.82, 2.24) is 9.30 Å². The number of imidazole rings is 1. The molecule has 5 nitrogen and oxygen atoms in total. The van der Waals surface area contributed by atoms with E-state index in [1.165, 1.54) is 35.2 Å². The van der Waals surface area contributed by atoms with Crippen LogP contribution < -0.4 is 10.4 Å². The number of hydrogen-bond donors (Lipinski definition) is 1. The first-order chi connectivity index (χ1) is 11.6. The third-order valence-electron chi connectivity index (χ3n) is 3.58. The molecular formula is C18H15FN2O3. The molecule has 3 aromatic rings. The number of allylic oxidation sites excluding steroid dienone is 1. The minimum Gasteiger partial charge on any atom is -0.454 e. The van der Waals surface area contributed by atoms with Gasteiger partial charge < -0.3 is 9.94 Å². The topological polar surface area (TPSA) is 56.4 Å². The van der Waals surface area contributed by atoms with Crippen molar-refractivity contribution >= 4 is 0 Å². The van der Waals surface area contributed by atoms with Crippen molar-refractivity contribution in [3.63, 3.8) is 0 Å². The van der Waals surface area contributed by atoms with E-state index in [1.807, 2.05) is 6.07 Å². The van der Waals surface area contributed by atoms with Crippen LogP contribution in [0.25, 0.3) is 0 Å². The lowest BCUT2D eigenvalue weighted by Crippen LogP contribution is -2.25. The quantitative estimate of drug-likeness (QED) is 0.576. The van der Waals surface area contributed by atoms with Crippen molar-refractivity contribution in [1.29, 1.82) is 0 Å². The summed E-state index contributed by atoms with van der Waals surface area (Å²) in [6.07, 6.45) is 4.18. The molecule has 0 bridgehead atoms. The van der Waals surface area contributed by atoms with Crippen molar-refractivity contribution in [2.75, 3.05) is 0 Å². The summed E-state index contributed by atoms with van der Waals surface area (Å²) in [6.45, 7) is 3.72. The number of halogens is 1. The Morgan fingerprint density at radius 1 is 1.17 bits per heavy atom. The molecule has 3 rings (SSSR count). The largest absolute Gasteiger partial charge is 0.454 e. The number of nitrogens with zero attached hydrogens (tertiary/aromatic N) is 2. The minimum atomic E-state index is -0.616. The highest BCUT2D eigenvalue weighted by atomic mass is 19.1. The van der Waals surface area contributed by atoms with Gasteiger partial charge >= 0.3 is 5.69 Å². The fraction of sp³-hybridized carbons (Fsp3) is 0.0556. The Morgan fingerprint density at radius 3 is 2.54 bits per heavy atom. The lowest BCUT2D eigenvalue weighted by molar-refractivity contribution is 0.172. The Hall–Kier alpha value is -3.28. The van der Waals surface area contributed by atoms with E-state index in [4.69, 9.17) is 4.74 Å². The molecule has 1 aromatic heterocycles. The zero-order valence-corrected chi connectivity index (χ0v) is 12.7. The van der Waals surface area contributed by atoms with Gasteiger partial charge in [0.1, 0.15) is 5.75 Å². The Labute approximate surface area is 137 Å². The average molecular weight is 326 g/mol. The highest BCUT2D eigenvalue weighted by Gasteiger charge is 2.16. The molecule has 1 N–H and O–H groups in total. The standard InChI is InChI=1S/C18H15FN2O3/c1-2-16(20-10-11-21(23)18(20)22)13-8-9-15(19)17(12-13)24-14-6-4-3-5-7-14/h2-12,16,23H,1H2. The SMILES string of the molecule is C=CC(c1ccc(F)c(Oc2ccccc2)c1)n1ccn(O)c1=O. The molecule has 6 heteroatoms. The third-order valence-corrected chi connectivity index (χ3v) is 3.58. The molecule has 0 aliphatic rings. The summed E-state index contributed by atoms with van der Waals surface area (Å²) in [7, 11) is 0. The summed E-state index contributed by atoms with van der Waals surface area (Å²) in [5.41, 5.74) is -0.0135. The first-order valence-corrected chi connectivity index (χ1v) is 7.24. The first kappa shape index (κ1) is 15.6. The van der Waals surface area contributed by atoms with Gasteiger partial charge in [0.15, 0.2) is 11.6 Å². The second kappa shape index (κ2) is 6.45. The van der Waals surface area contributed by atoms with Crippen LogP contribution in [0, 0.1) is 5.82 Å². The highest BCUT2D eigenvalue weighted by Crippen LogP contribution is 2.29. The van der Waals surface area contributed by atoms with Crippen LogP contribution >= 0.6 is 0 Å². The van der Waals surface area contributed by atoms with Crippen molar-refractivity contribution in [2.45, 2.75) is 6.04 Å². The van der Waals surface area contributed by atoms with Gasteiger partial charge in [0.05, 0.1) is 12.2 Å². The van der Waals surface area contributed by atoms with E-state index in [2.05, 4.69) is 6.58 Å². The van der Waals surface area contributed by atoms with Crippen LogP contribution in [0.1, 0.15) is 11.6 Å². The number of ether oxygens (including phenoxy) is 1. The molecule has 0 aliphatic heterocycles. The van der Waals surface area contributed by atoms with E-state index in [0.29, 0.717) is 16.0 Å². The number of rotatable bonds is 5. The van der Waals surface area contributed by atoms with Crippen LogP contribution in [0.15, 0.2) is 78.4 Å². The van der Waals surface area contributed by atoms with Gasteiger partial charge in [-0.2, -0.15) is 0 Å². The molecule has 0 amide bonds. The fourth-order valence-corrected chi connectivity index (χ4v) is 2.40. The predicted molar refractivity (Wildman–Crippen MR) is 87.1 cm³/mol. The maximum absolute atomic E-state index is 14.0. The normalized spacial score (nSPS) is 11.9. The molecule has 0 spiro atoms. The second-order valence-corrected chi connectivity index (χ2v) is 5.12. The summed E-state index contributed by atoms with van der Waals surface area (Å²) < 4.78 is 21.4. The summed E-state index contributed by atoms with van der Waals surface area (Å²) in [5.74, 6) is 0.0295. The van der Waals surface area contributed by atoms with Crippen molar-refractivity contribution < 1.29 is 14.3 Å². The van der Waals surface area contributed by atoms with E-state index in [0.717, 1.165) is 0 Å². The van der Waals surface area contributed by atoms with Crippen LogP contribution in [0.5, 0.6) is 11.5 Å². The van der Waals surface area contributed by atoms with Gasteiger partial charge in [-0.1, -0.05) is 30.3 Å². The van der Waals surface area contributed by atoms with E-state index >= 15 is 0 Å². The molecule has 0 radical (unpaired) electrons. The van der Waals surface area contributed by atoms with E-state index < -0.39 is 17.5 Å². The summed E-state index contributed by atoms with van der Waals surface area (Å²) in [4.78, 5) is 11.9. The number of hydrogen-bond acceptors (Lipinski definition) is 3. The Kier molecular flexibility index (Phi) is 4.20. The van der Waals surface area contributed by atoms with Gasteiger partial charge in [-0.3, -0.25) is 4.57 Å². The minimum absolute atomic E-state index is 0.0435. The van der Waals surface area contributed by atoms with Gasteiger partial charge in [0.2, 0.25) is 0 Å². The van der Waals surface area contributed by atoms with E-state index in [1.54, 1.807) is 30.3 Å². The lowest BCUT2D eigenvalue weighted by Gasteiger charge is -2.15. The van der Waals surface area contributed by atoms with Gasteiger partial charge in [0.25, 0.3) is 0 Å². The molecule has 1 heterocycles. The fourth-order valence-electron chi connectivity index (χ4n) is 2.40. The zero-order chi connectivity index (χ0) is 17.1. The highest BCUT2D eigenvalue weighted by molar-refractivity contribution is 5.37. The van der Waals surface area contributed by atoms with Gasteiger partial charge in [-0.15, -0.1) is 11.3 Å². The molecule has 24 heavy (non-hydrogen) atoms. The van der Waals surface area contributed by atoms with Gasteiger partial charge in [-0.05, 0) is 29.8 Å². The summed E-state index contributed by atoms with van der Waals surface area (Å²) >= 11 is 0. The Balaban J connectivity index is 1.99. The average Bonchev–Trinajstić information content (AvgIpc) is 2.92. The van der Waals surface area contributed by atoms with Crippen LogP contribution in [0.3, 0.4) is 0 Å².